The van der Waals surface area contributed by atoms with Gasteiger partial charge in [0, 0.05) is 11.1 Å². The number of nitrogens with zero attached hydrogens (tertiary/aromatic N) is 1. The Morgan fingerprint density at radius 1 is 1.29 bits per heavy atom. The van der Waals surface area contributed by atoms with Gasteiger partial charge in [-0.1, -0.05) is 26.0 Å². The molecule has 1 N–H and O–H groups in total. The van der Waals surface area contributed by atoms with Crippen LogP contribution in [0.1, 0.15) is 35.8 Å². The number of carbonyl (C=O) groups is 1. The second-order valence-electron chi connectivity index (χ2n) is 4.10. The third-order valence-electron chi connectivity index (χ3n) is 2.50. The van der Waals surface area contributed by atoms with Crippen LogP contribution >= 0.6 is 11.3 Å². The van der Waals surface area contributed by atoms with Crippen molar-refractivity contribution in [2.24, 2.45) is 0 Å². The molecule has 1 amide bonds. The molecule has 0 aliphatic heterocycles. The fourth-order valence-corrected chi connectivity index (χ4v) is 2.00. The zero-order valence-corrected chi connectivity index (χ0v) is 10.6. The van der Waals surface area contributed by atoms with Crippen molar-refractivity contribution in [3.63, 3.8) is 0 Å². The quantitative estimate of drug-likeness (QED) is 0.900. The Morgan fingerprint density at radius 3 is 2.53 bits per heavy atom. The maximum atomic E-state index is 11.7. The number of rotatable bonds is 3. The van der Waals surface area contributed by atoms with Gasteiger partial charge in [-0.15, -0.1) is 11.3 Å². The first kappa shape index (κ1) is 11.8. The van der Waals surface area contributed by atoms with Gasteiger partial charge in [0.1, 0.15) is 5.69 Å². The molecular weight excluding hydrogens is 232 g/mol. The summed E-state index contributed by atoms with van der Waals surface area (Å²) >= 11 is 1.41. The van der Waals surface area contributed by atoms with E-state index in [0.29, 0.717) is 11.6 Å². The summed E-state index contributed by atoms with van der Waals surface area (Å²) in [5, 5.41) is 4.55. The summed E-state index contributed by atoms with van der Waals surface area (Å²) in [6.07, 6.45) is 0. The Labute approximate surface area is 105 Å². The van der Waals surface area contributed by atoms with Gasteiger partial charge in [-0.05, 0) is 23.6 Å². The smallest absolute Gasteiger partial charge is 0.275 e. The first-order valence-electron chi connectivity index (χ1n) is 5.46. The highest BCUT2D eigenvalue weighted by Crippen LogP contribution is 2.17. The van der Waals surface area contributed by atoms with Crippen LogP contribution in [-0.4, -0.2) is 10.9 Å². The molecule has 2 aromatic rings. The monoisotopic (exact) mass is 246 g/mol. The number of benzene rings is 1. The van der Waals surface area contributed by atoms with Crippen molar-refractivity contribution in [3.8, 4) is 0 Å². The zero-order chi connectivity index (χ0) is 12.3. The molecule has 2 rings (SSSR count). The molecule has 4 heteroatoms. The number of thiazole rings is 1. The average Bonchev–Trinajstić information content (AvgIpc) is 2.83. The third kappa shape index (κ3) is 2.91. The molecule has 0 unspecified atom stereocenters. The second-order valence-corrected chi connectivity index (χ2v) is 4.82. The summed E-state index contributed by atoms with van der Waals surface area (Å²) in [6.45, 7) is 4.28. The van der Waals surface area contributed by atoms with E-state index in [1.54, 1.807) is 10.9 Å². The van der Waals surface area contributed by atoms with E-state index in [0.717, 1.165) is 5.69 Å². The van der Waals surface area contributed by atoms with Crippen molar-refractivity contribution in [2.45, 2.75) is 19.8 Å². The summed E-state index contributed by atoms with van der Waals surface area (Å²) in [7, 11) is 0. The first-order valence-corrected chi connectivity index (χ1v) is 6.40. The van der Waals surface area contributed by atoms with Crippen LogP contribution in [0.4, 0.5) is 5.69 Å². The lowest BCUT2D eigenvalue weighted by molar-refractivity contribution is 0.102. The molecule has 17 heavy (non-hydrogen) atoms. The summed E-state index contributed by atoms with van der Waals surface area (Å²) in [5.74, 6) is 0.335. The van der Waals surface area contributed by atoms with Gasteiger partial charge in [0.15, 0.2) is 0 Å². The lowest BCUT2D eigenvalue weighted by atomic mass is 10.0. The summed E-state index contributed by atoms with van der Waals surface area (Å²) in [6, 6.07) is 7.89. The van der Waals surface area contributed by atoms with Crippen LogP contribution in [0, 0.1) is 0 Å². The van der Waals surface area contributed by atoms with Crippen LogP contribution in [0.3, 0.4) is 0 Å². The minimum atomic E-state index is -0.163. The molecule has 0 bridgehead atoms. The molecule has 0 saturated carbocycles. The van der Waals surface area contributed by atoms with Crippen LogP contribution in [0.2, 0.25) is 0 Å². The predicted molar refractivity (Wildman–Crippen MR) is 70.6 cm³/mol. The van der Waals surface area contributed by atoms with E-state index >= 15 is 0 Å². The molecule has 0 atom stereocenters. The van der Waals surface area contributed by atoms with Crippen molar-refractivity contribution in [3.05, 3.63) is 46.4 Å². The van der Waals surface area contributed by atoms with E-state index in [1.807, 2.05) is 24.3 Å². The number of nitrogens with one attached hydrogen (secondary N) is 1. The van der Waals surface area contributed by atoms with Crippen LogP contribution in [0.5, 0.6) is 0 Å². The first-order chi connectivity index (χ1) is 8.16. The van der Waals surface area contributed by atoms with Crippen LogP contribution in [0.15, 0.2) is 35.2 Å². The summed E-state index contributed by atoms with van der Waals surface area (Å²) < 4.78 is 0. The Balaban J connectivity index is 2.07. The van der Waals surface area contributed by atoms with Gasteiger partial charge in [-0.2, -0.15) is 0 Å². The van der Waals surface area contributed by atoms with Crippen LogP contribution in [0.25, 0.3) is 0 Å². The Bertz CT molecular complexity index is 489. The van der Waals surface area contributed by atoms with Gasteiger partial charge in [0.2, 0.25) is 0 Å². The minimum absolute atomic E-state index is 0.163. The highest BCUT2D eigenvalue weighted by Gasteiger charge is 2.07. The molecule has 0 fully saturated rings. The molecule has 1 aromatic carbocycles. The van der Waals surface area contributed by atoms with E-state index in [9.17, 15) is 4.79 Å². The molecule has 0 aliphatic carbocycles. The van der Waals surface area contributed by atoms with Crippen molar-refractivity contribution < 1.29 is 4.79 Å². The van der Waals surface area contributed by atoms with E-state index < -0.39 is 0 Å². The normalized spacial score (nSPS) is 10.5. The summed E-state index contributed by atoms with van der Waals surface area (Å²) in [4.78, 5) is 15.7. The molecule has 0 saturated heterocycles. The lowest BCUT2D eigenvalue weighted by Gasteiger charge is -2.07. The Kier molecular flexibility index (Phi) is 3.54. The number of carbonyl (C=O) groups excluding carboxylic acids is 1. The van der Waals surface area contributed by atoms with Crippen molar-refractivity contribution in [1.29, 1.82) is 0 Å². The number of aromatic nitrogens is 1. The van der Waals surface area contributed by atoms with Gasteiger partial charge >= 0.3 is 0 Å². The number of amides is 1. The van der Waals surface area contributed by atoms with E-state index in [4.69, 9.17) is 0 Å². The molecule has 3 nitrogen and oxygen atoms in total. The van der Waals surface area contributed by atoms with Gasteiger partial charge < -0.3 is 5.32 Å². The van der Waals surface area contributed by atoms with Crippen molar-refractivity contribution in [2.75, 3.05) is 5.32 Å². The highest BCUT2D eigenvalue weighted by molar-refractivity contribution is 7.07. The Hall–Kier alpha value is -1.68. The minimum Gasteiger partial charge on any atom is -0.321 e. The zero-order valence-electron chi connectivity index (χ0n) is 9.81. The van der Waals surface area contributed by atoms with Crippen LogP contribution in [-0.2, 0) is 0 Å². The van der Waals surface area contributed by atoms with Crippen molar-refractivity contribution in [1.82, 2.24) is 4.98 Å². The van der Waals surface area contributed by atoms with Crippen LogP contribution < -0.4 is 5.32 Å². The predicted octanol–water partition coefficient (Wildman–Crippen LogP) is 3.52. The Morgan fingerprint density at radius 2 is 2.00 bits per heavy atom. The van der Waals surface area contributed by atoms with Gasteiger partial charge in [-0.3, -0.25) is 4.79 Å². The van der Waals surface area contributed by atoms with Crippen molar-refractivity contribution >= 4 is 22.9 Å². The fraction of sp³-hybridized carbons (Fsp3) is 0.231. The molecule has 1 aromatic heterocycles. The number of hydrogen-bond acceptors (Lipinski definition) is 3. The maximum absolute atomic E-state index is 11.7. The molecule has 0 spiro atoms. The summed E-state index contributed by atoms with van der Waals surface area (Å²) in [5.41, 5.74) is 4.17. The molecular formula is C13H14N2OS. The highest BCUT2D eigenvalue weighted by atomic mass is 32.1. The third-order valence-corrected chi connectivity index (χ3v) is 3.09. The van der Waals surface area contributed by atoms with Gasteiger partial charge in [0.25, 0.3) is 5.91 Å². The standard InChI is InChI=1S/C13H14N2OS/c1-9(2)10-3-5-11(6-4-10)15-13(16)12-7-17-8-14-12/h3-9H,1-2H3,(H,15,16). The maximum Gasteiger partial charge on any atom is 0.275 e. The fourth-order valence-electron chi connectivity index (χ4n) is 1.47. The average molecular weight is 246 g/mol. The second kappa shape index (κ2) is 5.10. The lowest BCUT2D eigenvalue weighted by Crippen LogP contribution is -2.12. The van der Waals surface area contributed by atoms with E-state index in [-0.39, 0.29) is 5.91 Å². The molecule has 1 heterocycles. The van der Waals surface area contributed by atoms with E-state index in [1.165, 1.54) is 16.9 Å². The molecule has 88 valence electrons. The SMILES string of the molecule is CC(C)c1ccc(NC(=O)c2cscn2)cc1. The van der Waals surface area contributed by atoms with Gasteiger partial charge in [0.05, 0.1) is 5.51 Å². The van der Waals surface area contributed by atoms with Gasteiger partial charge in [-0.25, -0.2) is 4.98 Å². The largest absolute Gasteiger partial charge is 0.321 e. The molecule has 0 radical (unpaired) electrons. The number of hydrogen-bond donors (Lipinski definition) is 1. The molecule has 0 aliphatic rings. The topological polar surface area (TPSA) is 42.0 Å². The number of anilines is 1. The van der Waals surface area contributed by atoms with E-state index in [2.05, 4.69) is 24.1 Å².